The summed E-state index contributed by atoms with van der Waals surface area (Å²) in [5.41, 5.74) is 0. The smallest absolute Gasteiger partial charge is 0.305 e. The van der Waals surface area contributed by atoms with Crippen molar-refractivity contribution in [2.45, 2.75) is 334 Å². The van der Waals surface area contributed by atoms with Gasteiger partial charge in [-0.2, -0.15) is 0 Å². The second-order valence-electron chi connectivity index (χ2n) is 21.4. The molecule has 0 rings (SSSR count). The SMILES string of the molecule is CCC/C=C\C/C=C\CCCCCCCC(=O)OCCCCC/C=C\C/C=C\CCCCCCCCCC(=O)NC(CO)C(O)/C=C/CCCCCCCCCCCCCCCCCCCCCCCCC. The largest absolute Gasteiger partial charge is 0.466 e. The average molecular weight is 1010 g/mol. The molecule has 0 aliphatic carbocycles. The summed E-state index contributed by atoms with van der Waals surface area (Å²) in [6, 6.07) is -0.643. The number of aliphatic hydroxyl groups is 2. The minimum absolute atomic E-state index is 0.0320. The molecule has 2 unspecified atom stereocenters. The molecular weight excluding hydrogens is 887 g/mol. The maximum atomic E-state index is 12.5. The van der Waals surface area contributed by atoms with Crippen molar-refractivity contribution in [2.24, 2.45) is 0 Å². The zero-order valence-corrected chi connectivity index (χ0v) is 47.9. The number of unbranched alkanes of at least 4 members (excludes halogenated alkanes) is 39. The van der Waals surface area contributed by atoms with Crippen molar-refractivity contribution >= 4 is 11.9 Å². The van der Waals surface area contributed by atoms with Crippen molar-refractivity contribution in [1.82, 2.24) is 5.32 Å². The number of rotatable bonds is 58. The molecular formula is C66H121NO5. The fourth-order valence-electron chi connectivity index (χ4n) is 9.41. The van der Waals surface area contributed by atoms with E-state index in [0.717, 1.165) is 96.3 Å². The van der Waals surface area contributed by atoms with E-state index in [2.05, 4.69) is 67.8 Å². The Morgan fingerprint density at radius 3 is 1.11 bits per heavy atom. The molecule has 0 aromatic rings. The van der Waals surface area contributed by atoms with Gasteiger partial charge in [0.25, 0.3) is 0 Å². The molecule has 420 valence electrons. The monoisotopic (exact) mass is 1010 g/mol. The van der Waals surface area contributed by atoms with Crippen molar-refractivity contribution in [3.63, 3.8) is 0 Å². The van der Waals surface area contributed by atoms with Crippen LogP contribution in [0.3, 0.4) is 0 Å². The lowest BCUT2D eigenvalue weighted by molar-refractivity contribution is -0.143. The van der Waals surface area contributed by atoms with Gasteiger partial charge in [0, 0.05) is 12.8 Å². The number of carbonyl (C=O) groups excluding carboxylic acids is 2. The van der Waals surface area contributed by atoms with E-state index in [4.69, 9.17) is 4.74 Å². The molecule has 0 radical (unpaired) electrons. The van der Waals surface area contributed by atoms with Gasteiger partial charge in [0.2, 0.25) is 5.91 Å². The standard InChI is InChI=1S/C66H121NO5/c1-3-5-7-9-11-13-15-17-18-19-20-21-22-23-24-25-26-28-31-35-38-42-46-50-54-58-64(69)63(62-68)67-65(70)59-55-51-47-43-39-36-32-29-27-30-33-37-41-45-49-53-57-61-72-66(71)60-56-52-48-44-40-34-16-14-12-10-8-6-4-2/h8,10,14,16,27,30,37,41,54,58,63-64,68-69H,3-7,9,11-13,15,17-26,28-29,31-36,38-40,42-53,55-57,59-62H2,1-2H3,(H,67,70)/b10-8-,16-14-,30-27-,41-37-,58-54+. The van der Waals surface area contributed by atoms with Crippen molar-refractivity contribution in [2.75, 3.05) is 13.2 Å². The van der Waals surface area contributed by atoms with E-state index in [1.165, 1.54) is 199 Å². The van der Waals surface area contributed by atoms with Gasteiger partial charge in [-0.1, -0.05) is 274 Å². The van der Waals surface area contributed by atoms with Gasteiger partial charge in [-0.05, 0) is 96.3 Å². The van der Waals surface area contributed by atoms with Crippen LogP contribution in [0, 0.1) is 0 Å². The lowest BCUT2D eigenvalue weighted by Gasteiger charge is -2.20. The first-order chi connectivity index (χ1) is 35.5. The third-order valence-corrected chi connectivity index (χ3v) is 14.2. The molecule has 0 aromatic carbocycles. The van der Waals surface area contributed by atoms with Gasteiger partial charge in [0.05, 0.1) is 25.4 Å². The number of allylic oxidation sites excluding steroid dienone is 9. The molecule has 1 amide bonds. The first kappa shape index (κ1) is 69.6. The number of nitrogens with one attached hydrogen (secondary N) is 1. The lowest BCUT2D eigenvalue weighted by Crippen LogP contribution is -2.45. The maximum absolute atomic E-state index is 12.5. The Bertz CT molecular complexity index is 1250. The summed E-state index contributed by atoms with van der Waals surface area (Å²) in [5, 5.41) is 23.2. The Balaban J connectivity index is 3.53. The minimum Gasteiger partial charge on any atom is -0.466 e. The molecule has 72 heavy (non-hydrogen) atoms. The van der Waals surface area contributed by atoms with Crippen molar-refractivity contribution in [3.8, 4) is 0 Å². The van der Waals surface area contributed by atoms with E-state index in [-0.39, 0.29) is 18.5 Å². The van der Waals surface area contributed by atoms with Gasteiger partial charge in [-0.25, -0.2) is 0 Å². The molecule has 0 aromatic heterocycles. The molecule has 6 nitrogen and oxygen atoms in total. The van der Waals surface area contributed by atoms with Gasteiger partial charge < -0.3 is 20.3 Å². The molecule has 0 saturated heterocycles. The Morgan fingerprint density at radius 1 is 0.389 bits per heavy atom. The summed E-state index contributed by atoms with van der Waals surface area (Å²) in [7, 11) is 0. The van der Waals surface area contributed by atoms with Crippen LogP contribution in [0.4, 0.5) is 0 Å². The van der Waals surface area contributed by atoms with E-state index in [1.807, 2.05) is 6.08 Å². The van der Waals surface area contributed by atoms with E-state index < -0.39 is 12.1 Å². The number of carbonyl (C=O) groups is 2. The third-order valence-electron chi connectivity index (χ3n) is 14.2. The maximum Gasteiger partial charge on any atom is 0.305 e. The second kappa shape index (κ2) is 61.1. The van der Waals surface area contributed by atoms with Gasteiger partial charge in [0.15, 0.2) is 0 Å². The number of hydrogen-bond donors (Lipinski definition) is 3. The van der Waals surface area contributed by atoms with Gasteiger partial charge in [-0.15, -0.1) is 0 Å². The zero-order chi connectivity index (χ0) is 52.2. The number of esters is 1. The Morgan fingerprint density at radius 2 is 0.722 bits per heavy atom. The van der Waals surface area contributed by atoms with Crippen LogP contribution in [-0.2, 0) is 14.3 Å². The quantitative estimate of drug-likeness (QED) is 0.0320. The Kier molecular flexibility index (Phi) is 59.0. The molecule has 0 aliphatic heterocycles. The van der Waals surface area contributed by atoms with Crippen molar-refractivity contribution in [1.29, 1.82) is 0 Å². The van der Waals surface area contributed by atoms with E-state index in [1.54, 1.807) is 6.08 Å². The number of amides is 1. The Hall–Kier alpha value is -2.44. The molecule has 0 aliphatic rings. The van der Waals surface area contributed by atoms with Crippen LogP contribution in [0.15, 0.2) is 60.8 Å². The molecule has 0 fully saturated rings. The zero-order valence-electron chi connectivity index (χ0n) is 47.9. The topological polar surface area (TPSA) is 95.9 Å². The summed E-state index contributed by atoms with van der Waals surface area (Å²) in [6.07, 6.45) is 79.8. The third kappa shape index (κ3) is 56.8. The molecule has 0 heterocycles. The van der Waals surface area contributed by atoms with Gasteiger partial charge >= 0.3 is 5.97 Å². The van der Waals surface area contributed by atoms with Crippen molar-refractivity contribution in [3.05, 3.63) is 60.8 Å². The molecule has 2 atom stereocenters. The predicted molar refractivity (Wildman–Crippen MR) is 315 cm³/mol. The first-order valence-electron chi connectivity index (χ1n) is 31.6. The molecule has 0 saturated carbocycles. The highest BCUT2D eigenvalue weighted by atomic mass is 16.5. The second-order valence-corrected chi connectivity index (χ2v) is 21.4. The van der Waals surface area contributed by atoms with Crippen molar-refractivity contribution < 1.29 is 24.5 Å². The fourth-order valence-corrected chi connectivity index (χ4v) is 9.41. The van der Waals surface area contributed by atoms with Crippen LogP contribution in [0.1, 0.15) is 322 Å². The van der Waals surface area contributed by atoms with Crippen LogP contribution in [0.2, 0.25) is 0 Å². The van der Waals surface area contributed by atoms with Gasteiger partial charge in [-0.3, -0.25) is 9.59 Å². The van der Waals surface area contributed by atoms with Crippen LogP contribution in [-0.4, -0.2) is 47.4 Å². The highest BCUT2D eigenvalue weighted by molar-refractivity contribution is 5.76. The first-order valence-corrected chi connectivity index (χ1v) is 31.6. The van der Waals surface area contributed by atoms with Crippen LogP contribution < -0.4 is 5.32 Å². The Labute approximate surface area is 448 Å². The summed E-state index contributed by atoms with van der Waals surface area (Å²) in [5.74, 6) is -0.115. The molecule has 3 N–H and O–H groups in total. The fraction of sp³-hybridized carbons (Fsp3) is 0.818. The summed E-state index contributed by atoms with van der Waals surface area (Å²) < 4.78 is 5.44. The van der Waals surface area contributed by atoms with Crippen LogP contribution in [0.5, 0.6) is 0 Å². The molecule has 6 heteroatoms. The van der Waals surface area contributed by atoms with Gasteiger partial charge in [0.1, 0.15) is 0 Å². The predicted octanol–water partition coefficient (Wildman–Crippen LogP) is 19.9. The van der Waals surface area contributed by atoms with E-state index in [9.17, 15) is 19.8 Å². The highest BCUT2D eigenvalue weighted by Crippen LogP contribution is 2.17. The summed E-state index contributed by atoms with van der Waals surface area (Å²) in [4.78, 5) is 24.5. The summed E-state index contributed by atoms with van der Waals surface area (Å²) in [6.45, 7) is 4.80. The number of aliphatic hydroxyl groups excluding tert-OH is 2. The highest BCUT2D eigenvalue weighted by Gasteiger charge is 2.18. The molecule has 0 spiro atoms. The number of hydrogen-bond acceptors (Lipinski definition) is 5. The van der Waals surface area contributed by atoms with E-state index in [0.29, 0.717) is 19.4 Å². The summed E-state index contributed by atoms with van der Waals surface area (Å²) >= 11 is 0. The normalized spacial score (nSPS) is 13.0. The average Bonchev–Trinajstić information content (AvgIpc) is 3.38. The minimum atomic E-state index is -0.858. The lowest BCUT2D eigenvalue weighted by atomic mass is 10.0. The van der Waals surface area contributed by atoms with Crippen LogP contribution >= 0.6 is 0 Å². The molecule has 0 bridgehead atoms. The number of ether oxygens (including phenoxy) is 1. The van der Waals surface area contributed by atoms with Crippen LogP contribution in [0.25, 0.3) is 0 Å². The van der Waals surface area contributed by atoms with E-state index >= 15 is 0 Å².